The first-order valence-corrected chi connectivity index (χ1v) is 12.7. The summed E-state index contributed by atoms with van der Waals surface area (Å²) in [6, 6.07) is 1.38. The molecule has 2 aliphatic heterocycles. The van der Waals surface area contributed by atoms with E-state index in [-0.39, 0.29) is 57.0 Å². The number of nitrogens with one attached hydrogen (secondary N) is 3. The molecule has 0 atom stereocenters. The van der Waals surface area contributed by atoms with Crippen LogP contribution in [-0.2, 0) is 4.74 Å². The van der Waals surface area contributed by atoms with E-state index in [1.54, 1.807) is 0 Å². The highest BCUT2D eigenvalue weighted by Crippen LogP contribution is 2.45. The van der Waals surface area contributed by atoms with Crippen molar-refractivity contribution >= 4 is 45.1 Å². The number of anilines is 1. The molecule has 3 fully saturated rings. The predicted molar refractivity (Wildman–Crippen MR) is 125 cm³/mol. The smallest absolute Gasteiger partial charge is 0.285 e. The SMILES string of the molecule is N=C(SC(=N)C(F)F)c1ncn2c(N3CCC4(CC3)COC4)c(F)c(SNC3(C(F)F)CC3)cc12. The van der Waals surface area contributed by atoms with Gasteiger partial charge in [0.1, 0.15) is 22.1 Å². The molecule has 0 bridgehead atoms. The zero-order valence-corrected chi connectivity index (χ0v) is 20.1. The Kier molecular flexibility index (Phi) is 6.51. The summed E-state index contributed by atoms with van der Waals surface area (Å²) in [6.45, 7) is 2.45. The average Bonchev–Trinajstić information content (AvgIpc) is 3.49. The van der Waals surface area contributed by atoms with E-state index < -0.39 is 29.3 Å². The maximum atomic E-state index is 15.8. The number of nitrogens with zero attached hydrogens (tertiary/aromatic N) is 3. The number of thioether (sulfide) groups is 1. The zero-order valence-electron chi connectivity index (χ0n) is 18.4. The molecule has 7 nitrogen and oxygen atoms in total. The molecule has 0 unspecified atom stereocenters. The molecule has 35 heavy (non-hydrogen) atoms. The van der Waals surface area contributed by atoms with Crippen molar-refractivity contribution in [1.29, 1.82) is 10.8 Å². The highest BCUT2D eigenvalue weighted by Gasteiger charge is 2.51. The standard InChI is InChI=1S/C21H23F5N6OS2/c22-13-12(35-30-21(1-2-21)19(25)26)7-11-14(16(27)34-17(28)15(23)24)29-10-32(11)18(13)31-5-3-20(4-6-31)8-33-9-20/h7,10,15,19,27-28,30H,1-6,8-9H2. The summed E-state index contributed by atoms with van der Waals surface area (Å²) in [5.41, 5.74) is -0.966. The number of piperidine rings is 1. The number of hydrogen-bond donors (Lipinski definition) is 3. The van der Waals surface area contributed by atoms with E-state index in [0.717, 1.165) is 24.8 Å². The fraction of sp³-hybridized carbons (Fsp3) is 0.571. The quantitative estimate of drug-likeness (QED) is 0.205. The number of hydrogen-bond acceptors (Lipinski definition) is 8. The Bertz CT molecular complexity index is 1160. The summed E-state index contributed by atoms with van der Waals surface area (Å²) in [7, 11) is 0. The minimum atomic E-state index is -3.03. The topological polar surface area (TPSA) is 89.5 Å². The van der Waals surface area contributed by atoms with Crippen LogP contribution < -0.4 is 9.62 Å². The lowest BCUT2D eigenvalue weighted by Crippen LogP contribution is -2.51. The first-order valence-electron chi connectivity index (χ1n) is 11.0. The lowest BCUT2D eigenvalue weighted by atomic mass is 9.77. The van der Waals surface area contributed by atoms with Crippen LogP contribution >= 0.6 is 23.7 Å². The van der Waals surface area contributed by atoms with Crippen LogP contribution in [0.3, 0.4) is 0 Å². The molecule has 0 amide bonds. The molecule has 3 aliphatic rings. The van der Waals surface area contributed by atoms with Crippen LogP contribution in [-0.4, -0.2) is 64.2 Å². The van der Waals surface area contributed by atoms with Crippen molar-refractivity contribution in [3.8, 4) is 0 Å². The molecule has 3 N–H and O–H groups in total. The predicted octanol–water partition coefficient (Wildman–Crippen LogP) is 4.79. The van der Waals surface area contributed by atoms with E-state index in [4.69, 9.17) is 15.6 Å². The molecule has 0 aromatic carbocycles. The summed E-state index contributed by atoms with van der Waals surface area (Å²) in [5.74, 6) is -0.423. The third-order valence-electron chi connectivity index (χ3n) is 6.85. The van der Waals surface area contributed by atoms with Gasteiger partial charge in [0.25, 0.3) is 12.9 Å². The lowest BCUT2D eigenvalue weighted by Gasteiger charge is -2.47. The molecule has 2 aromatic heterocycles. The molecule has 4 heterocycles. The Balaban J connectivity index is 1.50. The van der Waals surface area contributed by atoms with Gasteiger partial charge in [0.05, 0.1) is 29.2 Å². The van der Waals surface area contributed by atoms with Crippen molar-refractivity contribution in [2.24, 2.45) is 5.41 Å². The maximum Gasteiger partial charge on any atom is 0.285 e. The molecule has 2 aromatic rings. The molecule has 1 spiro atoms. The minimum Gasteiger partial charge on any atom is -0.380 e. The Labute approximate surface area is 206 Å². The van der Waals surface area contributed by atoms with E-state index in [0.29, 0.717) is 26.3 Å². The molecule has 1 aliphatic carbocycles. The van der Waals surface area contributed by atoms with Crippen molar-refractivity contribution < 1.29 is 26.7 Å². The molecule has 5 rings (SSSR count). The van der Waals surface area contributed by atoms with Gasteiger partial charge in [-0.2, -0.15) is 0 Å². The molecule has 14 heteroatoms. The summed E-state index contributed by atoms with van der Waals surface area (Å²) in [5, 5.41) is 14.2. The van der Waals surface area contributed by atoms with Gasteiger partial charge in [0.2, 0.25) is 0 Å². The molecule has 0 radical (unpaired) electrons. The Morgan fingerprint density at radius 2 is 1.80 bits per heavy atom. The van der Waals surface area contributed by atoms with Crippen LogP contribution in [0.1, 0.15) is 31.4 Å². The third-order valence-corrected chi connectivity index (χ3v) is 8.67. The number of fused-ring (bicyclic) bond motifs is 1. The minimum absolute atomic E-state index is 0.0133. The van der Waals surface area contributed by atoms with E-state index in [2.05, 4.69) is 9.71 Å². The van der Waals surface area contributed by atoms with Gasteiger partial charge in [-0.1, -0.05) is 0 Å². The average molecular weight is 535 g/mol. The second-order valence-electron chi connectivity index (χ2n) is 9.23. The lowest BCUT2D eigenvalue weighted by molar-refractivity contribution is -0.124. The van der Waals surface area contributed by atoms with Crippen LogP contribution in [0.15, 0.2) is 17.3 Å². The number of alkyl halides is 4. The molecule has 1 saturated carbocycles. The number of imidazole rings is 1. The summed E-state index contributed by atoms with van der Waals surface area (Å²) in [4.78, 5) is 6.08. The molecular weight excluding hydrogens is 511 g/mol. The van der Waals surface area contributed by atoms with Gasteiger partial charge in [0, 0.05) is 18.5 Å². The molecule has 190 valence electrons. The van der Waals surface area contributed by atoms with Crippen molar-refractivity contribution in [2.75, 3.05) is 31.2 Å². The van der Waals surface area contributed by atoms with Gasteiger partial charge >= 0.3 is 0 Å². The van der Waals surface area contributed by atoms with Crippen LogP contribution in [0, 0.1) is 22.1 Å². The van der Waals surface area contributed by atoms with Crippen LogP contribution in [0.2, 0.25) is 0 Å². The third kappa shape index (κ3) is 4.53. The van der Waals surface area contributed by atoms with Gasteiger partial charge in [-0.05, 0) is 55.5 Å². The monoisotopic (exact) mass is 534 g/mol. The summed E-state index contributed by atoms with van der Waals surface area (Å²) < 4.78 is 77.9. The fourth-order valence-electron chi connectivity index (χ4n) is 4.34. The number of pyridine rings is 1. The van der Waals surface area contributed by atoms with E-state index in [1.165, 1.54) is 16.8 Å². The van der Waals surface area contributed by atoms with Crippen LogP contribution in [0.5, 0.6) is 0 Å². The first kappa shape index (κ1) is 24.8. The van der Waals surface area contributed by atoms with E-state index in [1.807, 2.05) is 4.90 Å². The van der Waals surface area contributed by atoms with Crippen molar-refractivity contribution in [3.05, 3.63) is 23.9 Å². The Hall–Kier alpha value is -1.90. The second kappa shape index (κ2) is 9.20. The zero-order chi connectivity index (χ0) is 25.0. The van der Waals surface area contributed by atoms with Crippen molar-refractivity contribution in [1.82, 2.24) is 14.1 Å². The van der Waals surface area contributed by atoms with Gasteiger partial charge in [-0.25, -0.2) is 31.7 Å². The van der Waals surface area contributed by atoms with Gasteiger partial charge in [-0.3, -0.25) is 15.2 Å². The molecular formula is C21H23F5N6OS2. The maximum absolute atomic E-state index is 15.8. The fourth-order valence-corrected chi connectivity index (χ4v) is 5.86. The number of ether oxygens (including phenoxy) is 1. The largest absolute Gasteiger partial charge is 0.380 e. The van der Waals surface area contributed by atoms with Crippen molar-refractivity contribution in [3.63, 3.8) is 0 Å². The highest BCUT2D eigenvalue weighted by molar-refractivity contribution is 8.26. The summed E-state index contributed by atoms with van der Waals surface area (Å²) in [6.07, 6.45) is -2.14. The van der Waals surface area contributed by atoms with Crippen LogP contribution in [0.25, 0.3) is 5.52 Å². The molecule has 2 saturated heterocycles. The number of halogens is 5. The second-order valence-corrected chi connectivity index (χ2v) is 11.1. The van der Waals surface area contributed by atoms with Gasteiger partial charge in [-0.15, -0.1) is 0 Å². The summed E-state index contributed by atoms with van der Waals surface area (Å²) >= 11 is 1.04. The highest BCUT2D eigenvalue weighted by atomic mass is 32.2. The number of aromatic nitrogens is 2. The Morgan fingerprint density at radius 1 is 1.11 bits per heavy atom. The van der Waals surface area contributed by atoms with Gasteiger partial charge in [0.15, 0.2) is 11.6 Å². The number of rotatable bonds is 7. The Morgan fingerprint density at radius 3 is 2.34 bits per heavy atom. The first-order chi connectivity index (χ1) is 16.6. The van der Waals surface area contributed by atoms with Gasteiger partial charge < -0.3 is 9.64 Å². The van der Waals surface area contributed by atoms with E-state index >= 15 is 4.39 Å². The van der Waals surface area contributed by atoms with Crippen LogP contribution in [0.4, 0.5) is 27.8 Å². The van der Waals surface area contributed by atoms with Crippen molar-refractivity contribution in [2.45, 2.75) is 49.0 Å². The van der Waals surface area contributed by atoms with E-state index in [9.17, 15) is 17.6 Å². The normalized spacial score (nSPS) is 20.6.